The Balaban J connectivity index is 4.10. The second-order valence-corrected chi connectivity index (χ2v) is 24.9. The zero-order valence-electron chi connectivity index (χ0n) is 54.8. The molecule has 0 aliphatic carbocycles. The number of esters is 3. The second-order valence-electron chi connectivity index (χ2n) is 24.9. The van der Waals surface area contributed by atoms with Gasteiger partial charge in [-0.2, -0.15) is 0 Å². The van der Waals surface area contributed by atoms with Gasteiger partial charge in [0.25, 0.3) is 0 Å². The van der Waals surface area contributed by atoms with E-state index in [0.29, 0.717) is 19.3 Å². The van der Waals surface area contributed by atoms with E-state index < -0.39 is 6.10 Å². The third-order valence-electron chi connectivity index (χ3n) is 16.6. The highest BCUT2D eigenvalue weighted by molar-refractivity contribution is 5.71. The van der Waals surface area contributed by atoms with Gasteiger partial charge >= 0.3 is 17.9 Å². The summed E-state index contributed by atoms with van der Waals surface area (Å²) in [5.74, 6) is -0.842. The highest BCUT2D eigenvalue weighted by Gasteiger charge is 2.19. The highest BCUT2D eigenvalue weighted by Crippen LogP contribution is 2.19. The quantitative estimate of drug-likeness (QED) is 0.0261. The first-order valence-corrected chi connectivity index (χ1v) is 36.5. The van der Waals surface area contributed by atoms with Gasteiger partial charge in [0.1, 0.15) is 13.2 Å². The van der Waals surface area contributed by atoms with Gasteiger partial charge < -0.3 is 14.2 Å². The van der Waals surface area contributed by atoms with Crippen LogP contribution in [0.5, 0.6) is 0 Å². The van der Waals surface area contributed by atoms with Crippen LogP contribution < -0.4 is 0 Å². The van der Waals surface area contributed by atoms with E-state index in [2.05, 4.69) is 57.2 Å². The Labute approximate surface area is 506 Å². The minimum absolute atomic E-state index is 0.0668. The summed E-state index contributed by atoms with van der Waals surface area (Å²) in [5, 5.41) is 0. The molecule has 0 aromatic rings. The molecule has 0 amide bonds. The molecule has 0 aromatic carbocycles. The van der Waals surface area contributed by atoms with Crippen molar-refractivity contribution >= 4 is 17.9 Å². The number of hydrogen-bond donors (Lipinski definition) is 0. The minimum atomic E-state index is -0.769. The second kappa shape index (κ2) is 70.1. The largest absolute Gasteiger partial charge is 0.462 e. The van der Waals surface area contributed by atoms with E-state index >= 15 is 0 Å². The predicted octanol–water partition coefficient (Wildman–Crippen LogP) is 25.1. The molecule has 0 aliphatic rings. The number of rotatable bonds is 68. The average Bonchev–Trinajstić information content (AvgIpc) is 3.47. The van der Waals surface area contributed by atoms with Crippen LogP contribution in [0.15, 0.2) is 36.5 Å². The average molecular weight is 1140 g/mol. The molecule has 6 heteroatoms. The normalized spacial score (nSPS) is 12.2. The number of carbonyl (C=O) groups is 3. The van der Waals surface area contributed by atoms with Crippen molar-refractivity contribution in [2.45, 2.75) is 412 Å². The summed E-state index contributed by atoms with van der Waals surface area (Å²) in [6.45, 7) is 6.68. The lowest BCUT2D eigenvalue weighted by Crippen LogP contribution is -2.30. The van der Waals surface area contributed by atoms with Crippen molar-refractivity contribution in [3.63, 3.8) is 0 Å². The van der Waals surface area contributed by atoms with E-state index in [4.69, 9.17) is 14.2 Å². The molecule has 0 N–H and O–H groups in total. The van der Waals surface area contributed by atoms with E-state index in [0.717, 1.165) is 70.6 Å². The lowest BCUT2D eigenvalue weighted by atomic mass is 10.0. The van der Waals surface area contributed by atoms with Gasteiger partial charge in [0.15, 0.2) is 6.10 Å². The maximum Gasteiger partial charge on any atom is 0.306 e. The molecular formula is C75H140O6. The Morgan fingerprint density at radius 2 is 0.444 bits per heavy atom. The molecule has 0 radical (unpaired) electrons. The summed E-state index contributed by atoms with van der Waals surface area (Å²) in [4.78, 5) is 38.3. The molecule has 81 heavy (non-hydrogen) atoms. The molecular weight excluding hydrogens is 997 g/mol. The van der Waals surface area contributed by atoms with Crippen molar-refractivity contribution in [2.24, 2.45) is 0 Å². The predicted molar refractivity (Wildman–Crippen MR) is 353 cm³/mol. The van der Waals surface area contributed by atoms with Gasteiger partial charge in [-0.25, -0.2) is 0 Å². The molecule has 0 saturated heterocycles. The molecule has 0 rings (SSSR count). The fourth-order valence-corrected chi connectivity index (χ4v) is 11.2. The summed E-state index contributed by atoms with van der Waals surface area (Å²) < 4.78 is 17.0. The van der Waals surface area contributed by atoms with Crippen molar-refractivity contribution in [3.8, 4) is 0 Å². The van der Waals surface area contributed by atoms with Crippen LogP contribution in [0, 0.1) is 0 Å². The molecule has 476 valence electrons. The first-order chi connectivity index (χ1) is 40.0. The molecule has 0 saturated carbocycles. The van der Waals surface area contributed by atoms with Crippen LogP contribution in [0.1, 0.15) is 406 Å². The number of hydrogen-bond acceptors (Lipinski definition) is 6. The van der Waals surface area contributed by atoms with Gasteiger partial charge in [-0.05, 0) is 57.8 Å². The van der Waals surface area contributed by atoms with E-state index in [1.807, 2.05) is 0 Å². The van der Waals surface area contributed by atoms with E-state index in [1.54, 1.807) is 0 Å². The van der Waals surface area contributed by atoms with E-state index in [1.165, 1.54) is 295 Å². The molecule has 0 fully saturated rings. The van der Waals surface area contributed by atoms with Crippen LogP contribution in [0.25, 0.3) is 0 Å². The molecule has 0 bridgehead atoms. The van der Waals surface area contributed by atoms with Gasteiger partial charge in [-0.3, -0.25) is 14.4 Å². The standard InChI is InChI=1S/C75H140O6/c1-4-7-10-13-16-19-21-23-25-27-29-31-33-35-37-39-41-43-45-47-49-51-53-56-59-62-65-68-74(77)80-71-72(70-79-73(76)67-64-61-58-55-18-15-12-9-6-3)81-75(78)69-66-63-60-57-54-52-50-48-46-44-42-40-38-36-34-32-30-28-26-24-22-20-17-14-11-8-5-2/h21,23,27,29,33,35,72H,4-20,22,24-26,28,30-32,34,36-71H2,1-3H3/b23-21-,29-27-,35-33-. The minimum Gasteiger partial charge on any atom is -0.462 e. The van der Waals surface area contributed by atoms with Gasteiger partial charge in [-0.15, -0.1) is 0 Å². The zero-order valence-corrected chi connectivity index (χ0v) is 54.8. The SMILES string of the molecule is CCCCCCC/C=C\C/C=C\C/C=C\CCCCCCCCCCCCCCC(=O)OCC(COC(=O)CCCCCCCCCCC)OC(=O)CCCCCCCCCCCCCCCCCCCCCCCCCCCCC. The van der Waals surface area contributed by atoms with E-state index in [9.17, 15) is 14.4 Å². The lowest BCUT2D eigenvalue weighted by Gasteiger charge is -2.18. The fraction of sp³-hybridized carbons (Fsp3) is 0.880. The van der Waals surface area contributed by atoms with Crippen LogP contribution >= 0.6 is 0 Å². The van der Waals surface area contributed by atoms with Gasteiger partial charge in [0.2, 0.25) is 0 Å². The Kier molecular flexibility index (Phi) is 68.1. The summed E-state index contributed by atoms with van der Waals surface area (Å²) in [7, 11) is 0. The van der Waals surface area contributed by atoms with Crippen molar-refractivity contribution in [2.75, 3.05) is 13.2 Å². The molecule has 0 aliphatic heterocycles. The number of allylic oxidation sites excluding steroid dienone is 6. The van der Waals surface area contributed by atoms with Crippen molar-refractivity contribution < 1.29 is 28.6 Å². The number of unbranched alkanes of at least 4 members (excludes halogenated alkanes) is 51. The fourth-order valence-electron chi connectivity index (χ4n) is 11.2. The molecule has 6 nitrogen and oxygen atoms in total. The van der Waals surface area contributed by atoms with Crippen LogP contribution in [0.3, 0.4) is 0 Å². The first-order valence-electron chi connectivity index (χ1n) is 36.5. The molecule has 0 aromatic heterocycles. The lowest BCUT2D eigenvalue weighted by molar-refractivity contribution is -0.167. The molecule has 0 spiro atoms. The van der Waals surface area contributed by atoms with Crippen LogP contribution in [0.4, 0.5) is 0 Å². The topological polar surface area (TPSA) is 78.9 Å². The molecule has 0 heterocycles. The summed E-state index contributed by atoms with van der Waals surface area (Å²) in [6, 6.07) is 0. The zero-order chi connectivity index (χ0) is 58.5. The third kappa shape index (κ3) is 68.3. The molecule has 1 atom stereocenters. The Hall–Kier alpha value is -2.37. The summed E-state index contributed by atoms with van der Waals surface area (Å²) >= 11 is 0. The van der Waals surface area contributed by atoms with Gasteiger partial charge in [0.05, 0.1) is 0 Å². The van der Waals surface area contributed by atoms with Crippen LogP contribution in [-0.2, 0) is 28.6 Å². The Morgan fingerprint density at radius 3 is 0.691 bits per heavy atom. The van der Waals surface area contributed by atoms with Crippen LogP contribution in [-0.4, -0.2) is 37.2 Å². The highest BCUT2D eigenvalue weighted by atomic mass is 16.6. The van der Waals surface area contributed by atoms with Crippen molar-refractivity contribution in [1.82, 2.24) is 0 Å². The van der Waals surface area contributed by atoms with Gasteiger partial charge in [-0.1, -0.05) is 365 Å². The van der Waals surface area contributed by atoms with Crippen molar-refractivity contribution in [1.29, 1.82) is 0 Å². The van der Waals surface area contributed by atoms with Crippen LogP contribution in [0.2, 0.25) is 0 Å². The monoisotopic (exact) mass is 1140 g/mol. The summed E-state index contributed by atoms with van der Waals surface area (Å²) in [6.07, 6.45) is 87.7. The smallest absolute Gasteiger partial charge is 0.306 e. The molecule has 1 unspecified atom stereocenters. The van der Waals surface area contributed by atoms with Gasteiger partial charge in [0, 0.05) is 19.3 Å². The van der Waals surface area contributed by atoms with E-state index in [-0.39, 0.29) is 31.1 Å². The Morgan fingerprint density at radius 1 is 0.247 bits per heavy atom. The Bertz CT molecular complexity index is 1350. The first kappa shape index (κ1) is 78.6. The van der Waals surface area contributed by atoms with Crippen molar-refractivity contribution in [3.05, 3.63) is 36.5 Å². The summed E-state index contributed by atoms with van der Waals surface area (Å²) in [5.41, 5.74) is 0. The third-order valence-corrected chi connectivity index (χ3v) is 16.6. The maximum atomic E-state index is 12.9. The number of ether oxygens (including phenoxy) is 3. The number of carbonyl (C=O) groups excluding carboxylic acids is 3. The maximum absolute atomic E-state index is 12.9.